The van der Waals surface area contributed by atoms with Crippen molar-refractivity contribution in [2.75, 3.05) is 6.54 Å². The highest BCUT2D eigenvalue weighted by Gasteiger charge is 2.43. The van der Waals surface area contributed by atoms with E-state index in [9.17, 15) is 9.59 Å². The standard InChI is InChI=1S/C28H24N4O3/c33-27-17-32(29-15-19-10-12-21(13-11-19)35-18-20-6-2-1-3-7-20)28(34)26-14-23-22-8-4-5-9-24(22)30-25(23)16-31(26)27/h1-13,15,26,30H,14,16-18H2/b29-15-/t26-/m0/s1. The summed E-state index contributed by atoms with van der Waals surface area (Å²) in [6.07, 6.45) is 2.10. The van der Waals surface area contributed by atoms with Crippen LogP contribution in [-0.2, 0) is 29.2 Å². The lowest BCUT2D eigenvalue weighted by atomic mass is 9.94. The Morgan fingerprint density at radius 3 is 2.54 bits per heavy atom. The summed E-state index contributed by atoms with van der Waals surface area (Å²) >= 11 is 0. The second-order valence-corrected chi connectivity index (χ2v) is 8.85. The SMILES string of the molecule is O=C1[C@@H]2Cc3c([nH]c4ccccc34)CN2C(=O)CN1/N=C\c1ccc(OCc2ccccc2)cc1. The van der Waals surface area contributed by atoms with Crippen molar-refractivity contribution >= 4 is 28.9 Å². The van der Waals surface area contributed by atoms with E-state index in [2.05, 4.69) is 16.2 Å². The van der Waals surface area contributed by atoms with Crippen molar-refractivity contribution < 1.29 is 14.3 Å². The van der Waals surface area contributed by atoms with Gasteiger partial charge >= 0.3 is 0 Å². The molecule has 0 spiro atoms. The van der Waals surface area contributed by atoms with Crippen molar-refractivity contribution in [3.8, 4) is 5.75 Å². The number of hydrogen-bond donors (Lipinski definition) is 1. The van der Waals surface area contributed by atoms with Crippen LogP contribution in [-0.4, -0.2) is 45.5 Å². The maximum absolute atomic E-state index is 13.3. The molecule has 2 aliphatic rings. The molecule has 1 atom stereocenters. The summed E-state index contributed by atoms with van der Waals surface area (Å²) in [5, 5.41) is 6.77. The Kier molecular flexibility index (Phi) is 5.29. The van der Waals surface area contributed by atoms with E-state index in [1.165, 1.54) is 5.01 Å². The Hall–Kier alpha value is -4.39. The lowest BCUT2D eigenvalue weighted by Gasteiger charge is -2.40. The topological polar surface area (TPSA) is 78.0 Å². The minimum absolute atomic E-state index is 0.0559. The van der Waals surface area contributed by atoms with Gasteiger partial charge < -0.3 is 14.6 Å². The third kappa shape index (κ3) is 4.05. The van der Waals surface area contributed by atoms with Gasteiger partial charge in [0.15, 0.2) is 0 Å². The molecule has 2 amide bonds. The van der Waals surface area contributed by atoms with Crippen molar-refractivity contribution in [1.82, 2.24) is 14.9 Å². The predicted molar refractivity (Wildman–Crippen MR) is 133 cm³/mol. The van der Waals surface area contributed by atoms with Gasteiger partial charge in [-0.25, -0.2) is 5.01 Å². The fourth-order valence-electron chi connectivity index (χ4n) is 4.78. The van der Waals surface area contributed by atoms with Crippen LogP contribution < -0.4 is 4.74 Å². The normalized spacial score (nSPS) is 17.7. The molecule has 6 rings (SSSR count). The van der Waals surface area contributed by atoms with Crippen LogP contribution in [0.1, 0.15) is 22.4 Å². The Labute approximate surface area is 202 Å². The number of nitrogens with zero attached hydrogens (tertiary/aromatic N) is 3. The van der Waals surface area contributed by atoms with E-state index in [1.54, 1.807) is 11.1 Å². The van der Waals surface area contributed by atoms with Gasteiger partial charge in [0, 0.05) is 23.0 Å². The number of carbonyl (C=O) groups excluding carboxylic acids is 2. The first-order chi connectivity index (χ1) is 17.2. The Morgan fingerprint density at radius 1 is 0.943 bits per heavy atom. The highest BCUT2D eigenvalue weighted by atomic mass is 16.5. The Morgan fingerprint density at radius 2 is 1.71 bits per heavy atom. The summed E-state index contributed by atoms with van der Waals surface area (Å²) in [5.74, 6) is 0.503. The fourth-order valence-corrected chi connectivity index (χ4v) is 4.78. The van der Waals surface area contributed by atoms with Crippen molar-refractivity contribution in [3.63, 3.8) is 0 Å². The molecule has 3 aromatic carbocycles. The fraction of sp³-hybridized carbons (Fsp3) is 0.179. The lowest BCUT2D eigenvalue weighted by Crippen LogP contribution is -2.60. The monoisotopic (exact) mass is 464 g/mol. The van der Waals surface area contributed by atoms with E-state index in [1.807, 2.05) is 72.8 Å². The Bertz CT molecular complexity index is 1430. The molecule has 35 heavy (non-hydrogen) atoms. The molecule has 4 aromatic rings. The van der Waals surface area contributed by atoms with Crippen molar-refractivity contribution in [2.45, 2.75) is 25.6 Å². The first-order valence-electron chi connectivity index (χ1n) is 11.7. The summed E-state index contributed by atoms with van der Waals surface area (Å²) in [6, 6.07) is 25.0. The van der Waals surface area contributed by atoms with Gasteiger partial charge in [-0.05, 0) is 47.0 Å². The smallest absolute Gasteiger partial charge is 0.266 e. The molecular formula is C28H24N4O3. The molecule has 174 valence electrons. The maximum Gasteiger partial charge on any atom is 0.266 e. The van der Waals surface area contributed by atoms with Crippen molar-refractivity contribution in [1.29, 1.82) is 0 Å². The molecule has 0 bridgehead atoms. The summed E-state index contributed by atoms with van der Waals surface area (Å²) in [7, 11) is 0. The zero-order chi connectivity index (χ0) is 23.8. The summed E-state index contributed by atoms with van der Waals surface area (Å²) in [5.41, 5.74) is 5.07. The van der Waals surface area contributed by atoms with E-state index in [-0.39, 0.29) is 18.4 Å². The van der Waals surface area contributed by atoms with Gasteiger partial charge in [-0.1, -0.05) is 48.5 Å². The number of benzene rings is 3. The highest BCUT2D eigenvalue weighted by Crippen LogP contribution is 2.32. The van der Waals surface area contributed by atoms with Crippen LogP contribution >= 0.6 is 0 Å². The number of piperazine rings is 1. The minimum atomic E-state index is -0.533. The van der Waals surface area contributed by atoms with Crippen molar-refractivity contribution in [2.24, 2.45) is 5.10 Å². The number of aromatic nitrogens is 1. The summed E-state index contributed by atoms with van der Waals surface area (Å²) in [4.78, 5) is 31.2. The van der Waals surface area contributed by atoms with Gasteiger partial charge in [0.2, 0.25) is 5.91 Å². The van der Waals surface area contributed by atoms with Gasteiger partial charge in [0.1, 0.15) is 24.9 Å². The number of para-hydroxylation sites is 1. The molecule has 0 saturated carbocycles. The molecule has 2 aliphatic heterocycles. The van der Waals surface area contributed by atoms with Gasteiger partial charge in [0.25, 0.3) is 5.91 Å². The highest BCUT2D eigenvalue weighted by molar-refractivity contribution is 5.97. The quantitative estimate of drug-likeness (QED) is 0.456. The molecule has 7 heteroatoms. The number of rotatable bonds is 5. The first-order valence-corrected chi connectivity index (χ1v) is 11.7. The molecule has 0 unspecified atom stereocenters. The molecule has 1 aromatic heterocycles. The Balaban J connectivity index is 1.15. The number of ether oxygens (including phenoxy) is 1. The molecule has 7 nitrogen and oxygen atoms in total. The van der Waals surface area contributed by atoms with E-state index < -0.39 is 6.04 Å². The molecular weight excluding hydrogens is 440 g/mol. The molecule has 1 N–H and O–H groups in total. The average Bonchev–Trinajstić information content (AvgIpc) is 3.27. The van der Waals surface area contributed by atoms with Crippen LogP contribution in [0.4, 0.5) is 0 Å². The number of H-pyrrole nitrogens is 1. The number of fused-ring (bicyclic) bond motifs is 4. The molecule has 3 heterocycles. The van der Waals surface area contributed by atoms with Gasteiger partial charge in [0.05, 0.1) is 12.8 Å². The van der Waals surface area contributed by atoms with Gasteiger partial charge in [-0.3, -0.25) is 9.59 Å². The number of hydrazone groups is 1. The molecule has 0 aliphatic carbocycles. The minimum Gasteiger partial charge on any atom is -0.489 e. The lowest BCUT2D eigenvalue weighted by molar-refractivity contribution is -0.157. The van der Waals surface area contributed by atoms with E-state index in [4.69, 9.17) is 4.74 Å². The number of carbonyl (C=O) groups is 2. The molecule has 0 radical (unpaired) electrons. The maximum atomic E-state index is 13.3. The number of hydrogen-bond acceptors (Lipinski definition) is 4. The molecule has 1 fully saturated rings. The number of aromatic amines is 1. The van der Waals surface area contributed by atoms with Gasteiger partial charge in [-0.2, -0.15) is 5.10 Å². The van der Waals surface area contributed by atoms with E-state index >= 15 is 0 Å². The first kappa shape index (κ1) is 21.2. The zero-order valence-corrected chi connectivity index (χ0v) is 19.1. The third-order valence-corrected chi connectivity index (χ3v) is 6.62. The zero-order valence-electron chi connectivity index (χ0n) is 19.1. The average molecular weight is 465 g/mol. The summed E-state index contributed by atoms with van der Waals surface area (Å²) in [6.45, 7) is 0.857. The largest absolute Gasteiger partial charge is 0.489 e. The predicted octanol–water partition coefficient (Wildman–Crippen LogP) is 3.88. The van der Waals surface area contributed by atoms with Crippen LogP contribution in [0, 0.1) is 0 Å². The van der Waals surface area contributed by atoms with Crippen LogP contribution in [0.25, 0.3) is 10.9 Å². The van der Waals surface area contributed by atoms with Gasteiger partial charge in [-0.15, -0.1) is 0 Å². The number of amides is 2. The van der Waals surface area contributed by atoms with Crippen LogP contribution in [0.5, 0.6) is 5.75 Å². The van der Waals surface area contributed by atoms with E-state index in [0.717, 1.165) is 39.0 Å². The number of nitrogens with one attached hydrogen (secondary N) is 1. The van der Waals surface area contributed by atoms with Crippen LogP contribution in [0.2, 0.25) is 0 Å². The van der Waals surface area contributed by atoms with Crippen LogP contribution in [0.15, 0.2) is 84.0 Å². The third-order valence-electron chi connectivity index (χ3n) is 6.62. The second-order valence-electron chi connectivity index (χ2n) is 8.85. The van der Waals surface area contributed by atoms with Crippen LogP contribution in [0.3, 0.4) is 0 Å². The van der Waals surface area contributed by atoms with Crippen molar-refractivity contribution in [3.05, 3.63) is 101 Å². The summed E-state index contributed by atoms with van der Waals surface area (Å²) < 4.78 is 5.82. The van der Waals surface area contributed by atoms with E-state index in [0.29, 0.717) is 19.6 Å². The molecule has 1 saturated heterocycles. The second kappa shape index (κ2) is 8.76.